The van der Waals surface area contributed by atoms with E-state index < -0.39 is 0 Å². The summed E-state index contributed by atoms with van der Waals surface area (Å²) in [6, 6.07) is 13.3. The summed E-state index contributed by atoms with van der Waals surface area (Å²) >= 11 is 0. The Kier molecular flexibility index (Phi) is 7.00. The van der Waals surface area contributed by atoms with Gasteiger partial charge in [0.15, 0.2) is 12.4 Å². The number of likely N-dealkylation sites (tertiary alicyclic amines) is 1. The van der Waals surface area contributed by atoms with Gasteiger partial charge in [-0.1, -0.05) is 37.3 Å². The molecule has 1 saturated heterocycles. The van der Waals surface area contributed by atoms with Gasteiger partial charge in [0.25, 0.3) is 0 Å². The van der Waals surface area contributed by atoms with Crippen molar-refractivity contribution in [2.75, 3.05) is 44.2 Å². The van der Waals surface area contributed by atoms with Crippen LogP contribution in [-0.4, -0.2) is 60.2 Å². The van der Waals surface area contributed by atoms with Crippen molar-refractivity contribution in [2.24, 2.45) is 5.41 Å². The van der Waals surface area contributed by atoms with Crippen molar-refractivity contribution in [2.45, 2.75) is 38.8 Å². The van der Waals surface area contributed by atoms with Crippen LogP contribution in [0.3, 0.4) is 0 Å². The van der Waals surface area contributed by atoms with E-state index in [1.807, 2.05) is 6.07 Å². The summed E-state index contributed by atoms with van der Waals surface area (Å²) in [6.45, 7) is 8.46. The molecule has 0 radical (unpaired) electrons. The lowest BCUT2D eigenvalue weighted by molar-refractivity contribution is -0.0826. The van der Waals surface area contributed by atoms with E-state index in [9.17, 15) is 0 Å². The Hall–Kier alpha value is -2.69. The molecule has 1 aromatic carbocycles. The molecule has 1 aromatic heterocycles. The molecule has 1 spiro atoms. The molecule has 0 bridgehead atoms. The van der Waals surface area contributed by atoms with Crippen LogP contribution in [0, 0.1) is 16.7 Å². The van der Waals surface area contributed by atoms with Gasteiger partial charge in [-0.15, -0.1) is 0 Å². The standard InChI is InChI=1S/C24H32N6O/c1-2-10-30(23-27-15-22(16-28-23)31-12-8-25)11-9-26-21-13-24(14-21)18-29(19-24)17-20-6-4-3-5-7-20/h3-7,15-16,21,26H,2,9-14,17-19H2,1H3. The maximum absolute atomic E-state index is 8.60. The maximum atomic E-state index is 8.60. The van der Waals surface area contributed by atoms with Crippen LogP contribution < -0.4 is 15.0 Å². The van der Waals surface area contributed by atoms with Crippen molar-refractivity contribution in [3.8, 4) is 11.8 Å². The lowest BCUT2D eigenvalue weighted by atomic mass is 9.60. The zero-order valence-electron chi connectivity index (χ0n) is 18.3. The number of rotatable bonds is 11. The minimum Gasteiger partial charge on any atom is -0.476 e. The molecule has 1 saturated carbocycles. The largest absolute Gasteiger partial charge is 0.476 e. The lowest BCUT2D eigenvalue weighted by Crippen LogP contribution is -2.65. The fourth-order valence-electron chi connectivity index (χ4n) is 4.89. The Morgan fingerprint density at radius 2 is 1.94 bits per heavy atom. The number of hydrogen-bond acceptors (Lipinski definition) is 7. The van der Waals surface area contributed by atoms with Crippen molar-refractivity contribution in [3.63, 3.8) is 0 Å². The number of nitrogens with one attached hydrogen (secondary N) is 1. The molecule has 2 heterocycles. The van der Waals surface area contributed by atoms with Gasteiger partial charge in [0.2, 0.25) is 5.95 Å². The van der Waals surface area contributed by atoms with Gasteiger partial charge in [-0.25, -0.2) is 9.97 Å². The molecular formula is C24H32N6O. The second-order valence-corrected chi connectivity index (χ2v) is 8.84. The number of hydrogen-bond donors (Lipinski definition) is 1. The van der Waals surface area contributed by atoms with Gasteiger partial charge >= 0.3 is 0 Å². The average Bonchev–Trinajstić information content (AvgIpc) is 2.75. The van der Waals surface area contributed by atoms with E-state index in [-0.39, 0.29) is 6.61 Å². The van der Waals surface area contributed by atoms with Crippen molar-refractivity contribution in [3.05, 3.63) is 48.3 Å². The molecule has 7 heteroatoms. The zero-order valence-corrected chi connectivity index (χ0v) is 18.3. The fourth-order valence-corrected chi connectivity index (χ4v) is 4.89. The summed E-state index contributed by atoms with van der Waals surface area (Å²) in [7, 11) is 0. The molecule has 164 valence electrons. The van der Waals surface area contributed by atoms with Gasteiger partial charge in [0.05, 0.1) is 12.4 Å². The predicted molar refractivity (Wildman–Crippen MR) is 121 cm³/mol. The van der Waals surface area contributed by atoms with Crippen LogP contribution in [0.2, 0.25) is 0 Å². The van der Waals surface area contributed by atoms with Crippen LogP contribution in [-0.2, 0) is 6.54 Å². The monoisotopic (exact) mass is 420 g/mol. The smallest absolute Gasteiger partial charge is 0.225 e. The second-order valence-electron chi connectivity index (χ2n) is 8.84. The van der Waals surface area contributed by atoms with E-state index in [0.717, 1.165) is 32.6 Å². The molecule has 0 unspecified atom stereocenters. The third-order valence-electron chi connectivity index (χ3n) is 6.23. The normalized spacial score (nSPS) is 17.5. The Morgan fingerprint density at radius 3 is 2.61 bits per heavy atom. The lowest BCUT2D eigenvalue weighted by Gasteiger charge is -2.59. The highest BCUT2D eigenvalue weighted by Crippen LogP contribution is 2.48. The zero-order chi connectivity index (χ0) is 21.5. The van der Waals surface area contributed by atoms with Crippen molar-refractivity contribution in [1.82, 2.24) is 20.2 Å². The molecular weight excluding hydrogens is 388 g/mol. The summed E-state index contributed by atoms with van der Waals surface area (Å²) in [6.07, 6.45) is 6.90. The highest BCUT2D eigenvalue weighted by atomic mass is 16.5. The number of benzene rings is 1. The van der Waals surface area contributed by atoms with Gasteiger partial charge in [-0.05, 0) is 30.2 Å². The number of anilines is 1. The summed E-state index contributed by atoms with van der Waals surface area (Å²) in [4.78, 5) is 13.6. The van der Waals surface area contributed by atoms with Gasteiger partial charge in [-0.3, -0.25) is 4.90 Å². The highest BCUT2D eigenvalue weighted by Gasteiger charge is 2.51. The molecule has 2 aliphatic rings. The van der Waals surface area contributed by atoms with Crippen LogP contribution in [0.15, 0.2) is 42.7 Å². The molecule has 4 rings (SSSR count). The van der Waals surface area contributed by atoms with Crippen LogP contribution in [0.25, 0.3) is 0 Å². The highest BCUT2D eigenvalue weighted by molar-refractivity contribution is 5.31. The average molecular weight is 421 g/mol. The third kappa shape index (κ3) is 5.52. The van der Waals surface area contributed by atoms with E-state index in [2.05, 4.69) is 62.3 Å². The molecule has 31 heavy (non-hydrogen) atoms. The molecule has 2 fully saturated rings. The van der Waals surface area contributed by atoms with Crippen molar-refractivity contribution >= 4 is 5.95 Å². The van der Waals surface area contributed by atoms with Gasteiger partial charge in [0.1, 0.15) is 6.07 Å². The first-order valence-corrected chi connectivity index (χ1v) is 11.3. The predicted octanol–water partition coefficient (Wildman–Crippen LogP) is 2.85. The number of nitrogens with zero attached hydrogens (tertiary/aromatic N) is 5. The number of nitriles is 1. The first-order chi connectivity index (χ1) is 15.2. The van der Waals surface area contributed by atoms with Crippen LogP contribution in [0.4, 0.5) is 5.95 Å². The van der Waals surface area contributed by atoms with Crippen LogP contribution in [0.1, 0.15) is 31.7 Å². The quantitative estimate of drug-likeness (QED) is 0.599. The third-order valence-corrected chi connectivity index (χ3v) is 6.23. The topological polar surface area (TPSA) is 77.3 Å². The SMILES string of the molecule is CCCN(CCNC1CC2(C1)CN(Cc1ccccc1)C2)c1ncc(OCC#N)cn1. The van der Waals surface area contributed by atoms with E-state index in [1.54, 1.807) is 12.4 Å². The van der Waals surface area contributed by atoms with Gasteiger partial charge in [-0.2, -0.15) is 5.26 Å². The number of aromatic nitrogens is 2. The molecule has 0 amide bonds. The Bertz CT molecular complexity index is 852. The minimum atomic E-state index is 0.0121. The summed E-state index contributed by atoms with van der Waals surface area (Å²) < 4.78 is 5.24. The van der Waals surface area contributed by atoms with E-state index in [1.165, 1.54) is 31.5 Å². The molecule has 1 N–H and O–H groups in total. The Labute approximate surface area is 185 Å². The molecule has 1 aliphatic carbocycles. The summed E-state index contributed by atoms with van der Waals surface area (Å²) in [5.74, 6) is 1.25. The Morgan fingerprint density at radius 1 is 1.19 bits per heavy atom. The molecule has 2 aromatic rings. The van der Waals surface area contributed by atoms with E-state index in [0.29, 0.717) is 23.2 Å². The maximum Gasteiger partial charge on any atom is 0.225 e. The van der Waals surface area contributed by atoms with E-state index >= 15 is 0 Å². The second kappa shape index (κ2) is 10.1. The molecule has 7 nitrogen and oxygen atoms in total. The van der Waals surface area contributed by atoms with Gasteiger partial charge < -0.3 is 15.0 Å². The van der Waals surface area contributed by atoms with E-state index in [4.69, 9.17) is 10.00 Å². The summed E-state index contributed by atoms with van der Waals surface area (Å²) in [5, 5.41) is 12.3. The first-order valence-electron chi connectivity index (χ1n) is 11.3. The van der Waals surface area contributed by atoms with Crippen LogP contribution >= 0.6 is 0 Å². The first kappa shape index (κ1) is 21.5. The number of ether oxygens (including phenoxy) is 1. The van der Waals surface area contributed by atoms with Crippen LogP contribution in [0.5, 0.6) is 5.75 Å². The van der Waals surface area contributed by atoms with Gasteiger partial charge in [0, 0.05) is 45.3 Å². The molecule has 1 aliphatic heterocycles. The fraction of sp³-hybridized carbons (Fsp3) is 0.542. The van der Waals surface area contributed by atoms with Crippen molar-refractivity contribution < 1.29 is 4.74 Å². The summed E-state index contributed by atoms with van der Waals surface area (Å²) in [5.41, 5.74) is 1.96. The molecule has 0 atom stereocenters. The van der Waals surface area contributed by atoms with Crippen molar-refractivity contribution in [1.29, 1.82) is 5.26 Å². The Balaban J connectivity index is 1.16. The minimum absolute atomic E-state index is 0.0121.